The fourth-order valence-electron chi connectivity index (χ4n) is 2.81. The summed E-state index contributed by atoms with van der Waals surface area (Å²) < 4.78 is 14.9. The van der Waals surface area contributed by atoms with Crippen LogP contribution in [-0.4, -0.2) is 41.9 Å². The van der Waals surface area contributed by atoms with Gasteiger partial charge < -0.3 is 4.90 Å². The molecule has 0 unspecified atom stereocenters. The minimum Gasteiger partial charge on any atom is -0.336 e. The molecule has 0 aromatic heterocycles. The second-order valence-corrected chi connectivity index (χ2v) is 7.07. The Morgan fingerprint density at radius 1 is 1.12 bits per heavy atom. The van der Waals surface area contributed by atoms with E-state index in [4.69, 9.17) is 11.6 Å². The number of halogens is 3. The zero-order valence-electron chi connectivity index (χ0n) is 13.0. The second kappa shape index (κ2) is 7.64. The Morgan fingerprint density at radius 3 is 2.54 bits per heavy atom. The number of hydrogen-bond acceptors (Lipinski definition) is 2. The quantitative estimate of drug-likeness (QED) is 0.756. The van der Waals surface area contributed by atoms with E-state index < -0.39 is 5.82 Å². The zero-order valence-corrected chi connectivity index (χ0v) is 15.4. The third-order valence-corrected chi connectivity index (χ3v) is 5.18. The van der Waals surface area contributed by atoms with Crippen molar-refractivity contribution in [3.05, 3.63) is 68.9 Å². The zero-order chi connectivity index (χ0) is 17.1. The minimum absolute atomic E-state index is 0.0433. The van der Waals surface area contributed by atoms with Gasteiger partial charge in [0, 0.05) is 42.2 Å². The molecule has 24 heavy (non-hydrogen) atoms. The minimum atomic E-state index is -0.528. The van der Waals surface area contributed by atoms with Crippen LogP contribution in [0.25, 0.3) is 0 Å². The Morgan fingerprint density at radius 2 is 1.83 bits per heavy atom. The first-order chi connectivity index (χ1) is 11.5. The van der Waals surface area contributed by atoms with Crippen LogP contribution in [0.2, 0.25) is 5.02 Å². The summed E-state index contributed by atoms with van der Waals surface area (Å²) in [4.78, 5) is 16.5. The molecule has 0 saturated carbocycles. The third kappa shape index (κ3) is 3.97. The predicted octanol–water partition coefficient (Wildman–Crippen LogP) is 4.20. The monoisotopic (exact) mass is 410 g/mol. The van der Waals surface area contributed by atoms with Gasteiger partial charge in [0.1, 0.15) is 5.82 Å². The number of amides is 1. The van der Waals surface area contributed by atoms with E-state index in [1.54, 1.807) is 4.90 Å². The molecule has 1 aliphatic rings. The molecule has 3 nitrogen and oxygen atoms in total. The van der Waals surface area contributed by atoms with Crippen LogP contribution in [-0.2, 0) is 6.54 Å². The lowest BCUT2D eigenvalue weighted by molar-refractivity contribution is 0.0623. The van der Waals surface area contributed by atoms with Crippen molar-refractivity contribution >= 4 is 33.4 Å². The van der Waals surface area contributed by atoms with Crippen molar-refractivity contribution < 1.29 is 9.18 Å². The maximum absolute atomic E-state index is 13.9. The summed E-state index contributed by atoms with van der Waals surface area (Å²) in [6, 6.07) is 12.2. The van der Waals surface area contributed by atoms with Crippen molar-refractivity contribution in [2.75, 3.05) is 26.2 Å². The number of benzene rings is 2. The number of piperazine rings is 1. The molecule has 3 rings (SSSR count). The maximum atomic E-state index is 13.9. The average Bonchev–Trinajstić information content (AvgIpc) is 2.59. The normalized spacial score (nSPS) is 15.5. The summed E-state index contributed by atoms with van der Waals surface area (Å²) in [6.07, 6.45) is 0. The van der Waals surface area contributed by atoms with E-state index >= 15 is 0 Å². The summed E-state index contributed by atoms with van der Waals surface area (Å²) in [5, 5.41) is 0.368. The third-order valence-electron chi connectivity index (χ3n) is 4.17. The van der Waals surface area contributed by atoms with Gasteiger partial charge in [0.05, 0.1) is 5.56 Å². The van der Waals surface area contributed by atoms with E-state index in [0.717, 1.165) is 24.1 Å². The van der Waals surface area contributed by atoms with Gasteiger partial charge in [-0.05, 0) is 29.8 Å². The standard InChI is InChI=1S/C18H17BrClFN2O/c19-16-4-2-1-3-13(16)12-22-7-9-23(10-8-22)18(24)15-11-14(20)5-6-17(15)21/h1-6,11H,7-10,12H2. The van der Waals surface area contributed by atoms with E-state index in [9.17, 15) is 9.18 Å². The molecule has 0 N–H and O–H groups in total. The lowest BCUT2D eigenvalue weighted by atomic mass is 10.1. The Balaban J connectivity index is 1.61. The van der Waals surface area contributed by atoms with Crippen molar-refractivity contribution in [3.8, 4) is 0 Å². The molecule has 1 heterocycles. The molecule has 0 atom stereocenters. The maximum Gasteiger partial charge on any atom is 0.256 e. The first-order valence-electron chi connectivity index (χ1n) is 7.74. The van der Waals surface area contributed by atoms with Crippen molar-refractivity contribution in [2.24, 2.45) is 0 Å². The average molecular weight is 412 g/mol. The summed E-state index contributed by atoms with van der Waals surface area (Å²) in [5.41, 5.74) is 1.26. The largest absolute Gasteiger partial charge is 0.336 e. The van der Waals surface area contributed by atoms with Crippen LogP contribution in [0, 0.1) is 5.82 Å². The smallest absolute Gasteiger partial charge is 0.256 e. The first kappa shape index (κ1) is 17.4. The molecular weight excluding hydrogens is 395 g/mol. The van der Waals surface area contributed by atoms with E-state index in [0.29, 0.717) is 18.1 Å². The van der Waals surface area contributed by atoms with E-state index in [-0.39, 0.29) is 11.5 Å². The highest BCUT2D eigenvalue weighted by Gasteiger charge is 2.24. The molecule has 0 bridgehead atoms. The van der Waals surface area contributed by atoms with Crippen molar-refractivity contribution in [1.82, 2.24) is 9.80 Å². The van der Waals surface area contributed by atoms with Gasteiger partial charge >= 0.3 is 0 Å². The molecule has 0 aliphatic carbocycles. The Kier molecular flexibility index (Phi) is 5.54. The summed E-state index contributed by atoms with van der Waals surface area (Å²) in [6.45, 7) is 3.50. The van der Waals surface area contributed by atoms with Crippen molar-refractivity contribution in [3.63, 3.8) is 0 Å². The highest BCUT2D eigenvalue weighted by molar-refractivity contribution is 9.10. The summed E-state index contributed by atoms with van der Waals surface area (Å²) in [5.74, 6) is -0.824. The van der Waals surface area contributed by atoms with Crippen LogP contribution in [0.15, 0.2) is 46.9 Å². The molecule has 0 spiro atoms. The number of carbonyl (C=O) groups is 1. The highest BCUT2D eigenvalue weighted by atomic mass is 79.9. The molecule has 2 aromatic rings. The second-order valence-electron chi connectivity index (χ2n) is 5.78. The SMILES string of the molecule is O=C(c1cc(Cl)ccc1F)N1CCN(Cc2ccccc2Br)CC1. The van der Waals surface area contributed by atoms with Gasteiger partial charge in [-0.15, -0.1) is 0 Å². The van der Waals surface area contributed by atoms with E-state index in [1.165, 1.54) is 23.8 Å². The number of hydrogen-bond donors (Lipinski definition) is 0. The van der Waals surface area contributed by atoms with Crippen molar-refractivity contribution in [1.29, 1.82) is 0 Å². The van der Waals surface area contributed by atoms with E-state index in [1.807, 2.05) is 18.2 Å². The molecule has 1 amide bonds. The van der Waals surface area contributed by atoms with Gasteiger partial charge in [-0.3, -0.25) is 9.69 Å². The van der Waals surface area contributed by atoms with Crippen LogP contribution in [0.1, 0.15) is 15.9 Å². The van der Waals surface area contributed by atoms with Gasteiger partial charge in [0.15, 0.2) is 0 Å². The highest BCUT2D eigenvalue weighted by Crippen LogP contribution is 2.20. The molecule has 1 aliphatic heterocycles. The van der Waals surface area contributed by atoms with Gasteiger partial charge in [-0.25, -0.2) is 4.39 Å². The molecule has 126 valence electrons. The molecule has 1 fully saturated rings. The lowest BCUT2D eigenvalue weighted by Crippen LogP contribution is -2.48. The van der Waals surface area contributed by atoms with Gasteiger partial charge in [0.2, 0.25) is 0 Å². The number of nitrogens with zero attached hydrogens (tertiary/aromatic N) is 2. The Hall–Kier alpha value is -1.43. The fourth-order valence-corrected chi connectivity index (χ4v) is 3.39. The van der Waals surface area contributed by atoms with Gasteiger partial charge in [0.25, 0.3) is 5.91 Å². The molecular formula is C18H17BrClFN2O. The summed E-state index contributed by atoms with van der Waals surface area (Å²) in [7, 11) is 0. The van der Waals surface area contributed by atoms with Crippen molar-refractivity contribution in [2.45, 2.75) is 6.54 Å². The van der Waals surface area contributed by atoms with Crippen LogP contribution >= 0.6 is 27.5 Å². The molecule has 2 aromatic carbocycles. The number of rotatable bonds is 3. The van der Waals surface area contributed by atoms with Gasteiger partial charge in [-0.1, -0.05) is 45.7 Å². The molecule has 1 saturated heterocycles. The Labute approximate surface area is 154 Å². The Bertz CT molecular complexity index is 748. The molecule has 6 heteroatoms. The van der Waals surface area contributed by atoms with Crippen LogP contribution in [0.5, 0.6) is 0 Å². The van der Waals surface area contributed by atoms with Gasteiger partial charge in [-0.2, -0.15) is 0 Å². The van der Waals surface area contributed by atoms with Crippen LogP contribution in [0.4, 0.5) is 4.39 Å². The topological polar surface area (TPSA) is 23.6 Å². The van der Waals surface area contributed by atoms with E-state index in [2.05, 4.69) is 26.9 Å². The first-order valence-corrected chi connectivity index (χ1v) is 8.92. The number of carbonyl (C=O) groups excluding carboxylic acids is 1. The lowest BCUT2D eigenvalue weighted by Gasteiger charge is -2.35. The fraction of sp³-hybridized carbons (Fsp3) is 0.278. The molecule has 0 radical (unpaired) electrons. The van der Waals surface area contributed by atoms with Crippen LogP contribution < -0.4 is 0 Å². The summed E-state index contributed by atoms with van der Waals surface area (Å²) >= 11 is 9.44. The van der Waals surface area contributed by atoms with Crippen LogP contribution in [0.3, 0.4) is 0 Å². The predicted molar refractivity (Wildman–Crippen MR) is 96.7 cm³/mol.